The quantitative estimate of drug-likeness (QED) is 0.244. The molecule has 0 fully saturated rings. The molecule has 1 aliphatic heterocycles. The zero-order chi connectivity index (χ0) is 26.8. The van der Waals surface area contributed by atoms with E-state index in [2.05, 4.69) is 15.9 Å². The number of fused-ring (bicyclic) bond motifs is 5. The summed E-state index contributed by atoms with van der Waals surface area (Å²) in [6, 6.07) is 11.3. The zero-order valence-corrected chi connectivity index (χ0v) is 22.9. The second kappa shape index (κ2) is 8.76. The lowest BCUT2D eigenvalue weighted by molar-refractivity contribution is -0.187. The number of halogens is 1. The number of ether oxygens (including phenoxy) is 4. The first kappa shape index (κ1) is 25.1. The Balaban J connectivity index is 1.96. The molecule has 0 saturated carbocycles. The van der Waals surface area contributed by atoms with Crippen molar-refractivity contribution in [2.75, 3.05) is 7.11 Å². The molecule has 37 heavy (non-hydrogen) atoms. The van der Waals surface area contributed by atoms with Gasteiger partial charge in [0.05, 0.1) is 29.1 Å². The summed E-state index contributed by atoms with van der Waals surface area (Å²) in [7, 11) is 3.32. The average Bonchev–Trinajstić information content (AvgIpc) is 2.81. The molecule has 0 saturated heterocycles. The fourth-order valence-corrected chi connectivity index (χ4v) is 5.61. The molecular weight excluding hydrogens is 542 g/mol. The molecule has 2 heterocycles. The highest BCUT2D eigenvalue weighted by Crippen LogP contribution is 2.49. The second-order valence-electron chi connectivity index (χ2n) is 9.73. The minimum absolute atomic E-state index is 0.236. The van der Waals surface area contributed by atoms with Crippen molar-refractivity contribution in [1.82, 2.24) is 4.57 Å². The highest BCUT2D eigenvalue weighted by Gasteiger charge is 2.50. The average molecular weight is 568 g/mol. The van der Waals surface area contributed by atoms with Crippen LogP contribution in [0.4, 0.5) is 0 Å². The Bertz CT molecular complexity index is 1690. The van der Waals surface area contributed by atoms with E-state index in [0.29, 0.717) is 38.9 Å². The largest absolute Gasteiger partial charge is 0.496 e. The van der Waals surface area contributed by atoms with Crippen LogP contribution in [0.5, 0.6) is 11.5 Å². The normalized spacial score (nSPS) is 18.4. The van der Waals surface area contributed by atoms with E-state index in [4.69, 9.17) is 18.9 Å². The number of aryl methyl sites for hydroxylation is 1. The molecule has 9 heteroatoms. The van der Waals surface area contributed by atoms with Crippen LogP contribution >= 0.6 is 15.9 Å². The molecule has 2 atom stereocenters. The highest BCUT2D eigenvalue weighted by molar-refractivity contribution is 9.10. The number of rotatable bonds is 3. The summed E-state index contributed by atoms with van der Waals surface area (Å²) in [4.78, 5) is 38.3. The molecule has 0 amide bonds. The van der Waals surface area contributed by atoms with Gasteiger partial charge in [0.2, 0.25) is 5.43 Å². The summed E-state index contributed by atoms with van der Waals surface area (Å²) in [6.07, 6.45) is -1.98. The van der Waals surface area contributed by atoms with E-state index >= 15 is 0 Å². The number of nitrogens with zero attached hydrogens (tertiary/aromatic N) is 1. The van der Waals surface area contributed by atoms with Gasteiger partial charge in [0, 0.05) is 36.8 Å². The van der Waals surface area contributed by atoms with Gasteiger partial charge in [-0.1, -0.05) is 22.0 Å². The third-order valence-corrected chi connectivity index (χ3v) is 7.27. The lowest BCUT2D eigenvalue weighted by Crippen LogP contribution is -2.52. The van der Waals surface area contributed by atoms with Crippen molar-refractivity contribution >= 4 is 60.4 Å². The van der Waals surface area contributed by atoms with Crippen molar-refractivity contribution in [2.24, 2.45) is 7.05 Å². The molecule has 0 bridgehead atoms. The monoisotopic (exact) mass is 567 g/mol. The number of hydrogen-bond acceptors (Lipinski definition) is 7. The van der Waals surface area contributed by atoms with Crippen LogP contribution in [-0.2, 0) is 26.1 Å². The smallest absolute Gasteiger partial charge is 0.303 e. The van der Waals surface area contributed by atoms with Gasteiger partial charge in [-0.3, -0.25) is 14.4 Å². The maximum Gasteiger partial charge on any atom is 0.303 e. The number of carbonyl (C=O) groups excluding carboxylic acids is 2. The summed E-state index contributed by atoms with van der Waals surface area (Å²) < 4.78 is 26.2. The van der Waals surface area contributed by atoms with Crippen LogP contribution in [0.3, 0.4) is 0 Å². The van der Waals surface area contributed by atoms with E-state index in [9.17, 15) is 14.4 Å². The number of esters is 2. The Kier molecular flexibility index (Phi) is 5.94. The molecule has 3 aromatic carbocycles. The van der Waals surface area contributed by atoms with Gasteiger partial charge >= 0.3 is 11.9 Å². The van der Waals surface area contributed by atoms with Crippen LogP contribution in [-0.4, -0.2) is 35.3 Å². The number of hydrogen-bond donors (Lipinski definition) is 0. The van der Waals surface area contributed by atoms with Gasteiger partial charge in [-0.15, -0.1) is 0 Å². The van der Waals surface area contributed by atoms with E-state index in [1.165, 1.54) is 21.0 Å². The summed E-state index contributed by atoms with van der Waals surface area (Å²) in [5.41, 5.74) is 0.311. The summed E-state index contributed by atoms with van der Waals surface area (Å²) in [5.74, 6) is -0.397. The van der Waals surface area contributed by atoms with E-state index in [1.54, 1.807) is 19.9 Å². The molecule has 0 aliphatic carbocycles. The molecule has 5 rings (SSSR count). The SMILES string of the molecule is COc1cc2c(c3c1c(=O)c1cc4cc(Br)ccc4cc1n3C)[C@@H](OC(C)=O)[C@@H](OC(C)=O)C(C)(C)O2. The molecule has 8 nitrogen and oxygen atoms in total. The number of methoxy groups -OCH3 is 1. The molecule has 192 valence electrons. The third-order valence-electron chi connectivity index (χ3n) is 6.77. The molecule has 4 aromatic rings. The Morgan fingerprint density at radius 1 is 1.03 bits per heavy atom. The van der Waals surface area contributed by atoms with E-state index in [1.807, 2.05) is 41.9 Å². The Morgan fingerprint density at radius 2 is 1.73 bits per heavy atom. The van der Waals surface area contributed by atoms with Crippen molar-refractivity contribution < 1.29 is 28.5 Å². The lowest BCUT2D eigenvalue weighted by Gasteiger charge is -2.43. The predicted octanol–water partition coefficient (Wildman–Crippen LogP) is 5.32. The predicted molar refractivity (Wildman–Crippen MR) is 143 cm³/mol. The van der Waals surface area contributed by atoms with Crippen LogP contribution in [0.15, 0.2) is 45.7 Å². The van der Waals surface area contributed by atoms with Gasteiger partial charge in [-0.25, -0.2) is 0 Å². The van der Waals surface area contributed by atoms with Crippen molar-refractivity contribution in [3.8, 4) is 11.5 Å². The van der Waals surface area contributed by atoms with Gasteiger partial charge in [0.25, 0.3) is 0 Å². The highest BCUT2D eigenvalue weighted by atomic mass is 79.9. The van der Waals surface area contributed by atoms with Crippen molar-refractivity contribution in [1.29, 1.82) is 0 Å². The molecule has 0 radical (unpaired) electrons. The molecule has 1 aromatic heterocycles. The zero-order valence-electron chi connectivity index (χ0n) is 21.3. The van der Waals surface area contributed by atoms with Crippen LogP contribution in [0.25, 0.3) is 32.6 Å². The van der Waals surface area contributed by atoms with Gasteiger partial charge in [0.1, 0.15) is 17.1 Å². The topological polar surface area (TPSA) is 93.1 Å². The molecule has 0 unspecified atom stereocenters. The van der Waals surface area contributed by atoms with E-state index in [-0.39, 0.29) is 5.43 Å². The maximum atomic E-state index is 14.0. The van der Waals surface area contributed by atoms with Crippen molar-refractivity contribution in [2.45, 2.75) is 45.5 Å². The van der Waals surface area contributed by atoms with Crippen molar-refractivity contribution in [3.05, 3.63) is 56.7 Å². The molecular formula is C28H26BrNO7. The Morgan fingerprint density at radius 3 is 2.38 bits per heavy atom. The first-order valence-electron chi connectivity index (χ1n) is 11.7. The minimum Gasteiger partial charge on any atom is -0.496 e. The van der Waals surface area contributed by atoms with E-state index in [0.717, 1.165) is 15.2 Å². The molecule has 0 spiro atoms. The number of carbonyl (C=O) groups is 2. The number of pyridine rings is 1. The minimum atomic E-state index is -1.04. The standard InChI is InChI=1S/C28H26BrNO7/c1-13(31)35-26-23-21(37-28(3,4)27(26)36-14(2)32)12-20(34-6)22-24(23)30(5)19-11-15-7-8-17(29)9-16(15)10-18(19)25(22)33/h7-12,26-27H,1-6H3/t26-,27-/m1/s1. The fourth-order valence-electron chi connectivity index (χ4n) is 5.24. The third kappa shape index (κ3) is 4.01. The van der Waals surface area contributed by atoms with Gasteiger partial charge in [-0.2, -0.15) is 0 Å². The Hall–Kier alpha value is -3.59. The van der Waals surface area contributed by atoms with Gasteiger partial charge in [0.15, 0.2) is 12.2 Å². The van der Waals surface area contributed by atoms with Crippen LogP contribution in [0, 0.1) is 0 Å². The van der Waals surface area contributed by atoms with Gasteiger partial charge in [-0.05, 0) is 48.9 Å². The number of aromatic nitrogens is 1. The van der Waals surface area contributed by atoms with Crippen LogP contribution in [0.2, 0.25) is 0 Å². The lowest BCUT2D eigenvalue weighted by atomic mass is 9.86. The first-order valence-corrected chi connectivity index (χ1v) is 12.5. The summed E-state index contributed by atoms with van der Waals surface area (Å²) >= 11 is 3.50. The fraction of sp³-hybridized carbons (Fsp3) is 0.321. The van der Waals surface area contributed by atoms with Crippen molar-refractivity contribution in [3.63, 3.8) is 0 Å². The van der Waals surface area contributed by atoms with Gasteiger partial charge < -0.3 is 23.5 Å². The number of benzene rings is 3. The maximum absolute atomic E-state index is 14.0. The summed E-state index contributed by atoms with van der Waals surface area (Å²) in [6.45, 7) is 6.08. The van der Waals surface area contributed by atoms with Crippen LogP contribution in [0.1, 0.15) is 39.4 Å². The van der Waals surface area contributed by atoms with E-state index < -0.39 is 29.7 Å². The van der Waals surface area contributed by atoms with Crippen LogP contribution < -0.4 is 14.9 Å². The second-order valence-corrected chi connectivity index (χ2v) is 10.6. The molecule has 1 aliphatic rings. The summed E-state index contributed by atoms with van der Waals surface area (Å²) in [5, 5.41) is 2.69. The Labute approximate surface area is 221 Å². The first-order chi connectivity index (χ1) is 17.4. The molecule has 0 N–H and O–H groups in total.